The summed E-state index contributed by atoms with van der Waals surface area (Å²) in [5.74, 6) is 1.65. The van der Waals surface area contributed by atoms with Crippen molar-refractivity contribution >= 4 is 0 Å². The number of piperidine rings is 2. The molecule has 4 rings (SSSR count). The zero-order valence-corrected chi connectivity index (χ0v) is 14.5. The number of para-hydroxylation sites is 1. The molecule has 0 aromatic heterocycles. The van der Waals surface area contributed by atoms with Gasteiger partial charge in [0.05, 0.1) is 6.07 Å². The summed E-state index contributed by atoms with van der Waals surface area (Å²) in [6.07, 6.45) is 7.04. The van der Waals surface area contributed by atoms with Crippen LogP contribution < -0.4 is 4.74 Å². The molecule has 25 heavy (non-hydrogen) atoms. The summed E-state index contributed by atoms with van der Waals surface area (Å²) in [4.78, 5) is 2.48. The summed E-state index contributed by atoms with van der Waals surface area (Å²) in [5.41, 5.74) is 0.649. The molecular formula is C22H24N2O. The smallest absolute Gasteiger partial charge is 0.135 e. The first-order valence-corrected chi connectivity index (χ1v) is 9.33. The summed E-state index contributed by atoms with van der Waals surface area (Å²) in [6, 6.07) is 21.2. The van der Waals surface area contributed by atoms with E-state index in [1.165, 1.54) is 25.7 Å². The van der Waals surface area contributed by atoms with Crippen molar-refractivity contribution in [2.45, 2.75) is 50.1 Å². The molecule has 3 nitrogen and oxygen atoms in total. The van der Waals surface area contributed by atoms with Crippen LogP contribution in [0, 0.1) is 11.3 Å². The van der Waals surface area contributed by atoms with Crippen molar-refractivity contribution in [3.05, 3.63) is 60.2 Å². The number of rotatable bonds is 3. The van der Waals surface area contributed by atoms with Crippen LogP contribution in [0.15, 0.2) is 54.6 Å². The first kappa shape index (κ1) is 16.2. The summed E-state index contributed by atoms with van der Waals surface area (Å²) >= 11 is 0. The van der Waals surface area contributed by atoms with Gasteiger partial charge in [-0.1, -0.05) is 36.8 Å². The number of nitriles is 1. The van der Waals surface area contributed by atoms with E-state index in [9.17, 15) is 5.26 Å². The van der Waals surface area contributed by atoms with Gasteiger partial charge in [0.2, 0.25) is 0 Å². The maximum Gasteiger partial charge on any atom is 0.135 e. The Bertz CT molecular complexity index is 748. The minimum atomic E-state index is -0.464. The fourth-order valence-corrected chi connectivity index (χ4v) is 4.46. The van der Waals surface area contributed by atoms with Crippen LogP contribution in [0.2, 0.25) is 0 Å². The highest BCUT2D eigenvalue weighted by Gasteiger charge is 2.45. The third kappa shape index (κ3) is 3.03. The molecule has 2 fully saturated rings. The maximum atomic E-state index is 10.1. The van der Waals surface area contributed by atoms with E-state index in [0.29, 0.717) is 6.04 Å². The summed E-state index contributed by atoms with van der Waals surface area (Å²) < 4.78 is 5.90. The predicted octanol–water partition coefficient (Wildman–Crippen LogP) is 5.24. The second-order valence-electron chi connectivity index (χ2n) is 7.15. The highest BCUT2D eigenvalue weighted by atomic mass is 16.5. The van der Waals surface area contributed by atoms with Crippen LogP contribution in [0.3, 0.4) is 0 Å². The van der Waals surface area contributed by atoms with Crippen molar-refractivity contribution in [1.29, 1.82) is 5.26 Å². The normalized spacial score (nSPS) is 26.4. The van der Waals surface area contributed by atoms with E-state index >= 15 is 0 Å². The average molecular weight is 332 g/mol. The van der Waals surface area contributed by atoms with E-state index in [-0.39, 0.29) is 0 Å². The minimum Gasteiger partial charge on any atom is -0.457 e. The zero-order valence-electron chi connectivity index (χ0n) is 14.5. The van der Waals surface area contributed by atoms with Crippen molar-refractivity contribution in [3.63, 3.8) is 0 Å². The van der Waals surface area contributed by atoms with Crippen LogP contribution in [-0.4, -0.2) is 17.5 Å². The molecule has 0 aliphatic carbocycles. The van der Waals surface area contributed by atoms with Crippen molar-refractivity contribution in [1.82, 2.24) is 4.90 Å². The van der Waals surface area contributed by atoms with E-state index in [2.05, 4.69) is 23.1 Å². The molecule has 2 aliphatic rings. The minimum absolute atomic E-state index is 0.464. The summed E-state index contributed by atoms with van der Waals surface area (Å²) in [6.45, 7) is 1.04. The van der Waals surface area contributed by atoms with Crippen molar-refractivity contribution in [2.24, 2.45) is 0 Å². The largest absolute Gasteiger partial charge is 0.457 e. The predicted molar refractivity (Wildman–Crippen MR) is 98.4 cm³/mol. The molecule has 0 amide bonds. The molecule has 2 atom stereocenters. The Hall–Kier alpha value is -2.31. The highest BCUT2D eigenvalue weighted by Crippen LogP contribution is 2.43. The molecule has 2 aliphatic heterocycles. The highest BCUT2D eigenvalue weighted by molar-refractivity contribution is 5.39. The lowest BCUT2D eigenvalue weighted by molar-refractivity contribution is 0.00859. The SMILES string of the molecule is N#CC1(c2ccc(Oc3ccccc3)cc2)CCCC2CCCCN21. The molecule has 0 N–H and O–H groups in total. The third-order valence-electron chi connectivity index (χ3n) is 5.69. The second kappa shape index (κ2) is 6.90. The van der Waals surface area contributed by atoms with Gasteiger partial charge >= 0.3 is 0 Å². The van der Waals surface area contributed by atoms with Crippen molar-refractivity contribution < 1.29 is 4.74 Å². The molecule has 2 saturated heterocycles. The van der Waals surface area contributed by atoms with E-state index < -0.39 is 5.54 Å². The Balaban J connectivity index is 1.60. The summed E-state index contributed by atoms with van der Waals surface area (Å²) in [7, 11) is 0. The van der Waals surface area contributed by atoms with Gasteiger partial charge in [-0.05, 0) is 61.9 Å². The number of nitrogens with zero attached hydrogens (tertiary/aromatic N) is 2. The average Bonchev–Trinajstić information content (AvgIpc) is 2.69. The molecule has 0 radical (unpaired) electrons. The number of ether oxygens (including phenoxy) is 1. The van der Waals surface area contributed by atoms with E-state index in [0.717, 1.165) is 36.4 Å². The van der Waals surface area contributed by atoms with Crippen LogP contribution in [-0.2, 0) is 5.54 Å². The van der Waals surface area contributed by atoms with Crippen molar-refractivity contribution in [3.8, 4) is 17.6 Å². The van der Waals surface area contributed by atoms with Crippen LogP contribution in [0.1, 0.15) is 44.1 Å². The van der Waals surface area contributed by atoms with E-state index in [1.54, 1.807) is 0 Å². The van der Waals surface area contributed by atoms with Gasteiger partial charge in [-0.25, -0.2) is 0 Å². The molecule has 2 heterocycles. The van der Waals surface area contributed by atoms with Gasteiger partial charge in [-0.2, -0.15) is 5.26 Å². The van der Waals surface area contributed by atoms with Gasteiger partial charge in [0, 0.05) is 12.6 Å². The first-order valence-electron chi connectivity index (χ1n) is 9.33. The van der Waals surface area contributed by atoms with Crippen molar-refractivity contribution in [2.75, 3.05) is 6.54 Å². The standard InChI is InChI=1S/C22H24N2O/c23-17-22(15-6-8-19-7-4-5-16-24(19)22)18-11-13-21(14-12-18)25-20-9-2-1-3-10-20/h1-3,9-14,19H,4-8,15-16H2. The lowest BCUT2D eigenvalue weighted by Gasteiger charge is -2.50. The molecule has 0 bridgehead atoms. The number of fused-ring (bicyclic) bond motifs is 1. The third-order valence-corrected chi connectivity index (χ3v) is 5.69. The number of benzene rings is 2. The Morgan fingerprint density at radius 2 is 1.64 bits per heavy atom. The fourth-order valence-electron chi connectivity index (χ4n) is 4.46. The monoisotopic (exact) mass is 332 g/mol. The van der Waals surface area contributed by atoms with Gasteiger partial charge in [-0.3, -0.25) is 4.90 Å². The molecule has 0 saturated carbocycles. The van der Waals surface area contributed by atoms with Crippen LogP contribution in [0.4, 0.5) is 0 Å². The Morgan fingerprint density at radius 3 is 2.40 bits per heavy atom. The Morgan fingerprint density at radius 1 is 0.920 bits per heavy atom. The lowest BCUT2D eigenvalue weighted by Crippen LogP contribution is -2.55. The summed E-state index contributed by atoms with van der Waals surface area (Å²) in [5, 5.41) is 10.1. The quantitative estimate of drug-likeness (QED) is 0.771. The fraction of sp³-hybridized carbons (Fsp3) is 0.409. The Kier molecular flexibility index (Phi) is 4.46. The zero-order chi connectivity index (χ0) is 17.1. The second-order valence-corrected chi connectivity index (χ2v) is 7.15. The van der Waals surface area contributed by atoms with Crippen LogP contribution >= 0.6 is 0 Å². The van der Waals surface area contributed by atoms with Crippen LogP contribution in [0.25, 0.3) is 0 Å². The van der Waals surface area contributed by atoms with Crippen LogP contribution in [0.5, 0.6) is 11.5 Å². The lowest BCUT2D eigenvalue weighted by atomic mass is 9.76. The number of hydrogen-bond donors (Lipinski definition) is 0. The molecule has 0 spiro atoms. The molecule has 2 aromatic carbocycles. The molecule has 2 aromatic rings. The van der Waals surface area contributed by atoms with E-state index in [4.69, 9.17) is 4.74 Å². The van der Waals surface area contributed by atoms with Gasteiger partial charge in [0.25, 0.3) is 0 Å². The topological polar surface area (TPSA) is 36.3 Å². The van der Waals surface area contributed by atoms with Gasteiger partial charge < -0.3 is 4.74 Å². The Labute approximate surface area is 149 Å². The molecule has 2 unspecified atom stereocenters. The first-order chi connectivity index (χ1) is 12.3. The molecular weight excluding hydrogens is 308 g/mol. The molecule has 128 valence electrons. The van der Waals surface area contributed by atoms with Gasteiger partial charge in [-0.15, -0.1) is 0 Å². The maximum absolute atomic E-state index is 10.1. The molecule has 3 heteroatoms. The van der Waals surface area contributed by atoms with Gasteiger partial charge in [0.15, 0.2) is 0 Å². The van der Waals surface area contributed by atoms with Gasteiger partial charge in [0.1, 0.15) is 17.0 Å². The number of hydrogen-bond acceptors (Lipinski definition) is 3. The van der Waals surface area contributed by atoms with E-state index in [1.807, 2.05) is 42.5 Å².